The third kappa shape index (κ3) is 4.80. The zero-order valence-corrected chi connectivity index (χ0v) is 18.8. The van der Waals surface area contributed by atoms with E-state index in [4.69, 9.17) is 0 Å². The summed E-state index contributed by atoms with van der Waals surface area (Å²) in [5.74, 6) is 0.975. The van der Waals surface area contributed by atoms with Crippen LogP contribution in [0.15, 0.2) is 91.0 Å². The van der Waals surface area contributed by atoms with Crippen LogP contribution < -0.4 is 9.34 Å². The highest BCUT2D eigenvalue weighted by Crippen LogP contribution is 2.61. The molecule has 0 unspecified atom stereocenters. The topological polar surface area (TPSA) is 26.8 Å². The predicted octanol–water partition coefficient (Wildman–Crippen LogP) is 5.75. The summed E-state index contributed by atoms with van der Waals surface area (Å²) in [5, 5.41) is 0. The highest BCUT2D eigenvalue weighted by atomic mass is 32.7. The number of nitrogens with zero attached hydrogens (tertiary/aromatic N) is 3. The normalized spacial score (nSPS) is 14.2. The van der Waals surface area contributed by atoms with Crippen molar-refractivity contribution in [2.45, 2.75) is 0 Å². The molecule has 0 atom stereocenters. The molecule has 1 aliphatic heterocycles. The van der Waals surface area contributed by atoms with Gasteiger partial charge in [-0.2, -0.15) is 0 Å². The van der Waals surface area contributed by atoms with Crippen molar-refractivity contribution in [3.8, 4) is 0 Å². The molecule has 154 valence electrons. The number of rotatable bonds is 7. The van der Waals surface area contributed by atoms with E-state index in [1.807, 2.05) is 53.7 Å². The van der Waals surface area contributed by atoms with Crippen LogP contribution in [0.3, 0.4) is 0 Å². The van der Waals surface area contributed by atoms with Crippen molar-refractivity contribution in [1.82, 2.24) is 4.90 Å². The first-order valence-corrected chi connectivity index (χ1v) is 13.0. The van der Waals surface area contributed by atoms with Crippen LogP contribution in [0.25, 0.3) is 0 Å². The van der Waals surface area contributed by atoms with Crippen molar-refractivity contribution in [3.63, 3.8) is 0 Å². The Morgan fingerprint density at radius 2 is 1.30 bits per heavy atom. The SMILES string of the molecule is CN(CCSP1N(c2ccccc2)CCN1c1ccccc1)C(=O)c1ccccc1. The third-order valence-electron chi connectivity index (χ3n) is 5.05. The van der Waals surface area contributed by atoms with Crippen molar-refractivity contribution < 1.29 is 4.79 Å². The molecule has 0 bridgehead atoms. The fourth-order valence-corrected chi connectivity index (χ4v) is 8.32. The zero-order valence-electron chi connectivity index (χ0n) is 17.1. The lowest BCUT2D eigenvalue weighted by atomic mass is 10.2. The molecule has 30 heavy (non-hydrogen) atoms. The maximum absolute atomic E-state index is 12.6. The van der Waals surface area contributed by atoms with Crippen molar-refractivity contribution in [1.29, 1.82) is 0 Å². The number of anilines is 2. The Bertz CT molecular complexity index is 895. The van der Waals surface area contributed by atoms with Gasteiger partial charge in [-0.3, -0.25) is 4.79 Å². The summed E-state index contributed by atoms with van der Waals surface area (Å²) < 4.78 is 5.04. The molecule has 1 heterocycles. The molecule has 4 nitrogen and oxygen atoms in total. The molecule has 0 saturated carbocycles. The van der Waals surface area contributed by atoms with Gasteiger partial charge in [-0.25, -0.2) is 0 Å². The largest absolute Gasteiger partial charge is 0.341 e. The van der Waals surface area contributed by atoms with E-state index in [1.54, 1.807) is 0 Å². The molecule has 3 aromatic carbocycles. The highest BCUT2D eigenvalue weighted by Gasteiger charge is 2.33. The minimum Gasteiger partial charge on any atom is -0.341 e. The van der Waals surface area contributed by atoms with Crippen molar-refractivity contribution in [2.24, 2.45) is 0 Å². The number of amides is 1. The second kappa shape index (κ2) is 10.0. The molecule has 1 amide bonds. The number of hydrogen-bond donors (Lipinski definition) is 0. The molecule has 0 aliphatic carbocycles. The van der Waals surface area contributed by atoms with Crippen LogP contribution in [0.5, 0.6) is 0 Å². The summed E-state index contributed by atoms with van der Waals surface area (Å²) in [6, 6.07) is 30.8. The first-order valence-electron chi connectivity index (χ1n) is 10.1. The third-order valence-corrected chi connectivity index (χ3v) is 9.75. The highest BCUT2D eigenvalue weighted by molar-refractivity contribution is 8.56. The van der Waals surface area contributed by atoms with E-state index in [9.17, 15) is 4.79 Å². The summed E-state index contributed by atoms with van der Waals surface area (Å²) in [6.07, 6.45) is 0. The molecule has 1 aliphatic rings. The lowest BCUT2D eigenvalue weighted by Crippen LogP contribution is -2.29. The van der Waals surface area contributed by atoms with Gasteiger partial charge in [0.05, 0.1) is 0 Å². The molecule has 1 saturated heterocycles. The van der Waals surface area contributed by atoms with Gasteiger partial charge in [0.2, 0.25) is 0 Å². The molecule has 4 rings (SSSR count). The Kier molecular flexibility index (Phi) is 6.93. The Hall–Kier alpha value is -2.49. The van der Waals surface area contributed by atoms with Gasteiger partial charge in [0.25, 0.3) is 5.91 Å². The van der Waals surface area contributed by atoms with E-state index in [0.29, 0.717) is 0 Å². The van der Waals surface area contributed by atoms with Crippen molar-refractivity contribution in [2.75, 3.05) is 41.8 Å². The molecule has 6 heteroatoms. The van der Waals surface area contributed by atoms with Crippen LogP contribution in [0.1, 0.15) is 10.4 Å². The van der Waals surface area contributed by atoms with Gasteiger partial charge in [-0.15, -0.1) is 0 Å². The van der Waals surface area contributed by atoms with Gasteiger partial charge < -0.3 is 14.2 Å². The van der Waals surface area contributed by atoms with E-state index in [0.717, 1.165) is 31.0 Å². The monoisotopic (exact) mass is 435 g/mol. The van der Waals surface area contributed by atoms with E-state index < -0.39 is 7.42 Å². The van der Waals surface area contributed by atoms with Gasteiger partial charge in [-0.05, 0) is 36.4 Å². The maximum atomic E-state index is 12.6. The average molecular weight is 436 g/mol. The molecule has 0 aromatic heterocycles. The average Bonchev–Trinajstić information content (AvgIpc) is 3.24. The van der Waals surface area contributed by atoms with Crippen LogP contribution in [-0.4, -0.2) is 43.2 Å². The molecular formula is C24H26N3OPS. The first kappa shape index (κ1) is 20.8. The van der Waals surface area contributed by atoms with Gasteiger partial charge in [-0.1, -0.05) is 66.0 Å². The summed E-state index contributed by atoms with van der Waals surface area (Å²) in [5.41, 5.74) is 3.28. The quantitative estimate of drug-likeness (QED) is 0.442. The Labute approximate surface area is 184 Å². The van der Waals surface area contributed by atoms with Crippen LogP contribution in [0.4, 0.5) is 11.4 Å². The second-order valence-electron chi connectivity index (χ2n) is 7.10. The molecule has 0 spiro atoms. The summed E-state index contributed by atoms with van der Waals surface area (Å²) in [7, 11) is 1.31. The first-order chi connectivity index (χ1) is 14.7. The maximum Gasteiger partial charge on any atom is 0.253 e. The lowest BCUT2D eigenvalue weighted by molar-refractivity contribution is 0.0804. The van der Waals surface area contributed by atoms with Crippen LogP contribution >= 0.6 is 18.8 Å². The molecule has 0 radical (unpaired) electrons. The molecule has 3 aromatic rings. The van der Waals surface area contributed by atoms with Gasteiger partial charge in [0, 0.05) is 49.4 Å². The minimum atomic E-state index is -0.583. The molecule has 0 N–H and O–H groups in total. The standard InChI is InChI=1S/C24H26N3OPS/c1-25(24(28)21-11-5-2-6-12-21)19-20-30-29-26(22-13-7-3-8-14-22)17-18-27(29)23-15-9-4-10-16-23/h2-16H,17-20H2,1H3. The lowest BCUT2D eigenvalue weighted by Gasteiger charge is -2.31. The molecule has 1 fully saturated rings. The summed E-state index contributed by atoms with van der Waals surface area (Å²) >= 11 is 1.95. The van der Waals surface area contributed by atoms with E-state index >= 15 is 0 Å². The van der Waals surface area contributed by atoms with Crippen molar-refractivity contribution >= 4 is 36.1 Å². The van der Waals surface area contributed by atoms with E-state index in [1.165, 1.54) is 11.4 Å². The summed E-state index contributed by atoms with van der Waals surface area (Å²) in [4.78, 5) is 14.5. The predicted molar refractivity (Wildman–Crippen MR) is 130 cm³/mol. The number of para-hydroxylation sites is 2. The van der Waals surface area contributed by atoms with Crippen LogP contribution in [0, 0.1) is 0 Å². The number of benzene rings is 3. The van der Waals surface area contributed by atoms with Crippen LogP contribution in [0.2, 0.25) is 0 Å². The van der Waals surface area contributed by atoms with Gasteiger partial charge in [0.1, 0.15) is 0 Å². The fraction of sp³-hybridized carbons (Fsp3) is 0.208. The van der Waals surface area contributed by atoms with Crippen LogP contribution in [-0.2, 0) is 0 Å². The Morgan fingerprint density at radius 3 is 1.80 bits per heavy atom. The number of carbonyl (C=O) groups excluding carboxylic acids is 1. The Balaban J connectivity index is 1.44. The smallest absolute Gasteiger partial charge is 0.253 e. The van der Waals surface area contributed by atoms with Gasteiger partial charge >= 0.3 is 0 Å². The summed E-state index contributed by atoms with van der Waals surface area (Å²) in [6.45, 7) is 2.75. The second-order valence-corrected chi connectivity index (χ2v) is 11.0. The van der Waals surface area contributed by atoms with Gasteiger partial charge in [0.15, 0.2) is 7.42 Å². The number of hydrogen-bond acceptors (Lipinski definition) is 4. The van der Waals surface area contributed by atoms with E-state index in [2.05, 4.69) is 70.0 Å². The molecular weight excluding hydrogens is 409 g/mol. The number of carbonyl (C=O) groups is 1. The fourth-order valence-electron chi connectivity index (χ4n) is 3.45. The van der Waals surface area contributed by atoms with Crippen molar-refractivity contribution in [3.05, 3.63) is 96.6 Å². The minimum absolute atomic E-state index is 0.0789. The van der Waals surface area contributed by atoms with E-state index in [-0.39, 0.29) is 5.91 Å². The zero-order chi connectivity index (χ0) is 20.8. The Morgan fingerprint density at radius 1 is 0.833 bits per heavy atom.